The van der Waals surface area contributed by atoms with E-state index in [0.717, 1.165) is 12.4 Å². The van der Waals surface area contributed by atoms with E-state index in [4.69, 9.17) is 19.9 Å². The van der Waals surface area contributed by atoms with E-state index in [2.05, 4.69) is 18.2 Å². The van der Waals surface area contributed by atoms with Gasteiger partial charge in [-0.2, -0.15) is 0 Å². The van der Waals surface area contributed by atoms with Crippen LogP contribution in [0.15, 0.2) is 29.2 Å². The maximum Gasteiger partial charge on any atom is 0.0701 e. The summed E-state index contributed by atoms with van der Waals surface area (Å²) in [5.74, 6) is 0.931. The molecule has 0 saturated carbocycles. The van der Waals surface area contributed by atoms with E-state index < -0.39 is 0 Å². The molecule has 0 spiro atoms. The van der Waals surface area contributed by atoms with Crippen LogP contribution in [0.2, 0.25) is 0 Å². The van der Waals surface area contributed by atoms with Crippen LogP contribution in [0.25, 0.3) is 0 Å². The third-order valence-electron chi connectivity index (χ3n) is 2.68. The first-order chi connectivity index (χ1) is 9.74. The summed E-state index contributed by atoms with van der Waals surface area (Å²) >= 11 is 1.78. The highest BCUT2D eigenvalue weighted by Gasteiger charge is 2.01. The number of hydrogen-bond acceptors (Lipinski definition) is 5. The van der Waals surface area contributed by atoms with Crippen LogP contribution in [0.1, 0.15) is 18.5 Å². The summed E-state index contributed by atoms with van der Waals surface area (Å²) in [4.78, 5) is 1.24. The Balaban J connectivity index is 2.05. The van der Waals surface area contributed by atoms with Gasteiger partial charge in [0, 0.05) is 23.8 Å². The Labute approximate surface area is 126 Å². The van der Waals surface area contributed by atoms with E-state index in [0.29, 0.717) is 26.4 Å². The zero-order valence-corrected chi connectivity index (χ0v) is 13.2. The summed E-state index contributed by atoms with van der Waals surface area (Å²) in [6, 6.07) is 8.43. The third kappa shape index (κ3) is 7.87. The minimum atomic E-state index is 0.0797. The molecule has 20 heavy (non-hydrogen) atoms. The summed E-state index contributed by atoms with van der Waals surface area (Å²) in [6.07, 6.45) is 0. The van der Waals surface area contributed by atoms with Crippen molar-refractivity contribution in [2.75, 3.05) is 45.9 Å². The van der Waals surface area contributed by atoms with Crippen molar-refractivity contribution in [1.82, 2.24) is 0 Å². The van der Waals surface area contributed by atoms with Crippen LogP contribution >= 0.6 is 11.8 Å². The first-order valence-corrected chi connectivity index (χ1v) is 7.85. The SMILES string of the molecule is COCCOCCOCCSc1cccc(C(C)N)c1. The monoisotopic (exact) mass is 299 g/mol. The fraction of sp³-hybridized carbons (Fsp3) is 0.600. The lowest BCUT2D eigenvalue weighted by atomic mass is 10.1. The summed E-state index contributed by atoms with van der Waals surface area (Å²) in [7, 11) is 1.66. The Morgan fingerprint density at radius 1 is 1.10 bits per heavy atom. The Hall–Kier alpha value is -0.590. The molecule has 4 nitrogen and oxygen atoms in total. The molecule has 1 unspecified atom stereocenters. The second-order valence-electron chi connectivity index (χ2n) is 4.43. The maximum atomic E-state index is 5.87. The van der Waals surface area contributed by atoms with E-state index in [9.17, 15) is 0 Å². The van der Waals surface area contributed by atoms with Crippen molar-refractivity contribution >= 4 is 11.8 Å². The highest BCUT2D eigenvalue weighted by molar-refractivity contribution is 7.99. The van der Waals surface area contributed by atoms with Crippen molar-refractivity contribution < 1.29 is 14.2 Å². The standard InChI is InChI=1S/C15H25NO3S/c1-13(16)14-4-3-5-15(12-14)20-11-10-19-9-8-18-7-6-17-2/h3-5,12-13H,6-11,16H2,1-2H3. The summed E-state index contributed by atoms with van der Waals surface area (Å²) < 4.78 is 15.7. The number of benzene rings is 1. The molecule has 5 heteroatoms. The average molecular weight is 299 g/mol. The molecule has 1 rings (SSSR count). The number of hydrogen-bond donors (Lipinski definition) is 1. The summed E-state index contributed by atoms with van der Waals surface area (Å²) in [6.45, 7) is 5.22. The molecule has 2 N–H and O–H groups in total. The molecule has 0 heterocycles. The van der Waals surface area contributed by atoms with Gasteiger partial charge in [-0.3, -0.25) is 0 Å². The largest absolute Gasteiger partial charge is 0.382 e. The van der Waals surface area contributed by atoms with E-state index in [1.807, 2.05) is 13.0 Å². The number of thioether (sulfide) groups is 1. The van der Waals surface area contributed by atoms with E-state index in [-0.39, 0.29) is 6.04 Å². The van der Waals surface area contributed by atoms with Gasteiger partial charge < -0.3 is 19.9 Å². The number of methoxy groups -OCH3 is 1. The van der Waals surface area contributed by atoms with Gasteiger partial charge in [-0.25, -0.2) is 0 Å². The Morgan fingerprint density at radius 3 is 2.50 bits per heavy atom. The molecule has 1 aromatic rings. The van der Waals surface area contributed by atoms with Crippen LogP contribution in [0, 0.1) is 0 Å². The fourth-order valence-corrected chi connectivity index (χ4v) is 2.40. The average Bonchev–Trinajstić information content (AvgIpc) is 2.46. The van der Waals surface area contributed by atoms with Crippen LogP contribution in [-0.4, -0.2) is 45.9 Å². The smallest absolute Gasteiger partial charge is 0.0701 e. The molecule has 114 valence electrons. The molecule has 0 radical (unpaired) electrons. The number of rotatable bonds is 11. The minimum Gasteiger partial charge on any atom is -0.382 e. The molecule has 1 atom stereocenters. The molecule has 0 aliphatic heterocycles. The molecule has 1 aromatic carbocycles. The van der Waals surface area contributed by atoms with Crippen molar-refractivity contribution in [3.05, 3.63) is 29.8 Å². The third-order valence-corrected chi connectivity index (χ3v) is 3.64. The topological polar surface area (TPSA) is 53.7 Å². The Bertz CT molecular complexity index is 361. The summed E-state index contributed by atoms with van der Waals surface area (Å²) in [5, 5.41) is 0. The van der Waals surface area contributed by atoms with Crippen molar-refractivity contribution in [3.63, 3.8) is 0 Å². The van der Waals surface area contributed by atoms with Crippen molar-refractivity contribution in [2.24, 2.45) is 5.73 Å². The molecule has 0 saturated heterocycles. The first-order valence-electron chi connectivity index (χ1n) is 6.87. The normalized spacial score (nSPS) is 12.6. The predicted molar refractivity (Wildman–Crippen MR) is 83.3 cm³/mol. The van der Waals surface area contributed by atoms with Gasteiger partial charge in [0.05, 0.1) is 33.0 Å². The van der Waals surface area contributed by atoms with Crippen LogP contribution < -0.4 is 5.73 Å². The lowest BCUT2D eigenvalue weighted by Gasteiger charge is -2.08. The molecule has 0 fully saturated rings. The molecule has 0 aromatic heterocycles. The molecular formula is C15H25NO3S. The minimum absolute atomic E-state index is 0.0797. The lowest BCUT2D eigenvalue weighted by molar-refractivity contribution is 0.0286. The molecule has 0 amide bonds. The van der Waals surface area contributed by atoms with Gasteiger partial charge in [-0.15, -0.1) is 11.8 Å². The highest BCUT2D eigenvalue weighted by atomic mass is 32.2. The van der Waals surface area contributed by atoms with Gasteiger partial charge in [0.15, 0.2) is 0 Å². The fourth-order valence-electron chi connectivity index (χ4n) is 1.57. The van der Waals surface area contributed by atoms with Crippen LogP contribution in [0.4, 0.5) is 0 Å². The van der Waals surface area contributed by atoms with Crippen molar-refractivity contribution in [1.29, 1.82) is 0 Å². The zero-order valence-electron chi connectivity index (χ0n) is 12.3. The molecule has 0 aliphatic rings. The zero-order chi connectivity index (χ0) is 14.6. The molecule has 0 aliphatic carbocycles. The molecular weight excluding hydrogens is 274 g/mol. The Kier molecular flexibility index (Phi) is 9.70. The van der Waals surface area contributed by atoms with Gasteiger partial charge >= 0.3 is 0 Å². The maximum absolute atomic E-state index is 5.87. The highest BCUT2D eigenvalue weighted by Crippen LogP contribution is 2.21. The van der Waals surface area contributed by atoms with E-state index in [1.54, 1.807) is 18.9 Å². The second kappa shape index (κ2) is 11.1. The van der Waals surface area contributed by atoms with E-state index in [1.165, 1.54) is 10.5 Å². The van der Waals surface area contributed by atoms with Crippen molar-refractivity contribution in [2.45, 2.75) is 17.9 Å². The number of nitrogens with two attached hydrogens (primary N) is 1. The molecule has 0 bridgehead atoms. The quantitative estimate of drug-likeness (QED) is 0.502. The van der Waals surface area contributed by atoms with E-state index >= 15 is 0 Å². The predicted octanol–water partition coefficient (Wildman–Crippen LogP) is 2.48. The van der Waals surface area contributed by atoms with Gasteiger partial charge in [0.1, 0.15) is 0 Å². The van der Waals surface area contributed by atoms with Gasteiger partial charge in [0.2, 0.25) is 0 Å². The van der Waals surface area contributed by atoms with Crippen LogP contribution in [-0.2, 0) is 14.2 Å². The Morgan fingerprint density at radius 2 is 1.80 bits per heavy atom. The van der Waals surface area contributed by atoms with Crippen LogP contribution in [0.5, 0.6) is 0 Å². The summed E-state index contributed by atoms with van der Waals surface area (Å²) in [5.41, 5.74) is 7.04. The van der Waals surface area contributed by atoms with Crippen LogP contribution in [0.3, 0.4) is 0 Å². The second-order valence-corrected chi connectivity index (χ2v) is 5.60. The van der Waals surface area contributed by atoms with Gasteiger partial charge in [-0.05, 0) is 24.6 Å². The first kappa shape index (κ1) is 17.5. The lowest BCUT2D eigenvalue weighted by Crippen LogP contribution is -2.09. The van der Waals surface area contributed by atoms with Crippen molar-refractivity contribution in [3.8, 4) is 0 Å². The number of ether oxygens (including phenoxy) is 3. The van der Waals surface area contributed by atoms with Gasteiger partial charge in [0.25, 0.3) is 0 Å². The van der Waals surface area contributed by atoms with Gasteiger partial charge in [-0.1, -0.05) is 12.1 Å².